The number of nitrogens with one attached hydrogen (secondary N) is 1. The molecule has 0 bridgehead atoms. The molecular weight excluding hydrogens is 386 g/mol. The van der Waals surface area contributed by atoms with Gasteiger partial charge in [0, 0.05) is 11.8 Å². The van der Waals surface area contributed by atoms with Crippen molar-refractivity contribution in [3.05, 3.63) is 83.8 Å². The lowest BCUT2D eigenvalue weighted by Crippen LogP contribution is -2.28. The van der Waals surface area contributed by atoms with Gasteiger partial charge in [0.05, 0.1) is 17.7 Å². The van der Waals surface area contributed by atoms with Crippen molar-refractivity contribution in [2.75, 3.05) is 16.0 Å². The van der Waals surface area contributed by atoms with Crippen molar-refractivity contribution in [1.82, 2.24) is 0 Å². The number of carbonyl (C=O) groups is 2. The zero-order valence-electron chi connectivity index (χ0n) is 14.4. The molecule has 0 spiro atoms. The molecule has 1 aliphatic heterocycles. The molecule has 0 unspecified atom stereocenters. The molecule has 4 rings (SSSR count). The summed E-state index contributed by atoms with van der Waals surface area (Å²) in [6.07, 6.45) is 1.40. The van der Waals surface area contributed by atoms with E-state index >= 15 is 0 Å². The van der Waals surface area contributed by atoms with Gasteiger partial charge in [-0.3, -0.25) is 14.5 Å². The van der Waals surface area contributed by atoms with Crippen molar-refractivity contribution in [3.8, 4) is 0 Å². The highest BCUT2D eigenvalue weighted by molar-refractivity contribution is 8.00. The second-order valence-corrected chi connectivity index (χ2v) is 7.15. The molecule has 3 aromatic rings. The number of thioether (sulfide) groups is 1. The van der Waals surface area contributed by atoms with Crippen LogP contribution in [0.1, 0.15) is 21.5 Å². The smallest absolute Gasteiger partial charge is 0.291 e. The molecule has 2 heterocycles. The molecule has 1 N–H and O–H groups in total. The van der Waals surface area contributed by atoms with E-state index in [1.165, 1.54) is 29.0 Å². The van der Waals surface area contributed by atoms with Crippen LogP contribution in [0.3, 0.4) is 0 Å². The Morgan fingerprint density at radius 3 is 2.75 bits per heavy atom. The molecule has 0 radical (unpaired) electrons. The average Bonchev–Trinajstić information content (AvgIpc) is 3.32. The maximum Gasteiger partial charge on any atom is 0.291 e. The van der Waals surface area contributed by atoms with Crippen molar-refractivity contribution in [1.29, 1.82) is 0 Å². The minimum atomic E-state index is -0.803. The highest BCUT2D eigenvalue weighted by atomic mass is 32.2. The zero-order chi connectivity index (χ0) is 19.7. The third-order valence-corrected chi connectivity index (χ3v) is 5.42. The molecule has 2 amide bonds. The number of amides is 2. The van der Waals surface area contributed by atoms with Crippen LogP contribution in [0.15, 0.2) is 65.3 Å². The van der Waals surface area contributed by atoms with Gasteiger partial charge in [0.2, 0.25) is 5.91 Å². The number of hydrogen-bond acceptors (Lipinski definition) is 4. The van der Waals surface area contributed by atoms with Crippen LogP contribution < -0.4 is 10.2 Å². The third kappa shape index (κ3) is 3.50. The van der Waals surface area contributed by atoms with Crippen LogP contribution in [0.4, 0.5) is 20.2 Å². The summed E-state index contributed by atoms with van der Waals surface area (Å²) in [5, 5.41) is 2.23. The van der Waals surface area contributed by atoms with E-state index in [4.69, 9.17) is 4.42 Å². The average molecular weight is 400 g/mol. The Morgan fingerprint density at radius 1 is 1.14 bits per heavy atom. The Bertz CT molecular complexity index is 1040. The summed E-state index contributed by atoms with van der Waals surface area (Å²) >= 11 is 1.33. The van der Waals surface area contributed by atoms with E-state index in [0.717, 1.165) is 12.1 Å². The van der Waals surface area contributed by atoms with Crippen LogP contribution in [-0.2, 0) is 4.79 Å². The SMILES string of the molecule is O=C(Nc1cccc([C@@H]2SCC(=O)N2c2ccc(F)cc2F)c1)c1ccco1. The van der Waals surface area contributed by atoms with E-state index in [1.807, 2.05) is 0 Å². The molecule has 0 saturated carbocycles. The molecule has 2 aromatic carbocycles. The minimum Gasteiger partial charge on any atom is -0.459 e. The Morgan fingerprint density at radius 2 is 2.00 bits per heavy atom. The fraction of sp³-hybridized carbons (Fsp3) is 0.100. The van der Waals surface area contributed by atoms with E-state index < -0.39 is 22.9 Å². The number of nitrogens with zero attached hydrogens (tertiary/aromatic N) is 1. The predicted octanol–water partition coefficient (Wildman–Crippen LogP) is 4.59. The van der Waals surface area contributed by atoms with E-state index in [-0.39, 0.29) is 23.1 Å². The summed E-state index contributed by atoms with van der Waals surface area (Å²) in [6, 6.07) is 13.2. The van der Waals surface area contributed by atoms with Crippen LogP contribution in [0.2, 0.25) is 0 Å². The number of carbonyl (C=O) groups excluding carboxylic acids is 2. The van der Waals surface area contributed by atoms with Gasteiger partial charge in [0.1, 0.15) is 17.0 Å². The quantitative estimate of drug-likeness (QED) is 0.696. The number of rotatable bonds is 4. The number of halogens is 2. The lowest BCUT2D eigenvalue weighted by atomic mass is 10.1. The highest BCUT2D eigenvalue weighted by Crippen LogP contribution is 2.43. The zero-order valence-corrected chi connectivity index (χ0v) is 15.2. The van der Waals surface area contributed by atoms with Gasteiger partial charge in [-0.05, 0) is 42.0 Å². The van der Waals surface area contributed by atoms with Crippen LogP contribution in [0.5, 0.6) is 0 Å². The second kappa shape index (κ2) is 7.47. The van der Waals surface area contributed by atoms with Gasteiger partial charge in [-0.25, -0.2) is 8.78 Å². The molecule has 8 heteroatoms. The molecule has 1 aliphatic rings. The van der Waals surface area contributed by atoms with Gasteiger partial charge in [0.15, 0.2) is 5.76 Å². The van der Waals surface area contributed by atoms with Gasteiger partial charge in [0.25, 0.3) is 5.91 Å². The molecular formula is C20H14F2N2O3S. The second-order valence-electron chi connectivity index (χ2n) is 6.08. The first kappa shape index (κ1) is 18.2. The van der Waals surface area contributed by atoms with Crippen LogP contribution >= 0.6 is 11.8 Å². The maximum atomic E-state index is 14.3. The first-order valence-electron chi connectivity index (χ1n) is 8.36. The van der Waals surface area contributed by atoms with Gasteiger partial charge in [-0.2, -0.15) is 0 Å². The molecule has 1 saturated heterocycles. The summed E-state index contributed by atoms with van der Waals surface area (Å²) in [5.74, 6) is -1.84. The summed E-state index contributed by atoms with van der Waals surface area (Å²) in [6.45, 7) is 0. The van der Waals surface area contributed by atoms with Gasteiger partial charge in [-0.1, -0.05) is 12.1 Å². The van der Waals surface area contributed by atoms with Crippen LogP contribution in [0.25, 0.3) is 0 Å². The van der Waals surface area contributed by atoms with Gasteiger partial charge in [-0.15, -0.1) is 11.8 Å². The number of anilines is 2. The van der Waals surface area contributed by atoms with E-state index in [1.54, 1.807) is 36.4 Å². The maximum absolute atomic E-state index is 14.3. The lowest BCUT2D eigenvalue weighted by molar-refractivity contribution is -0.115. The first-order chi connectivity index (χ1) is 13.5. The van der Waals surface area contributed by atoms with Crippen molar-refractivity contribution < 1.29 is 22.8 Å². The molecule has 142 valence electrons. The molecule has 28 heavy (non-hydrogen) atoms. The molecule has 1 atom stereocenters. The molecule has 0 aliphatic carbocycles. The fourth-order valence-electron chi connectivity index (χ4n) is 2.98. The van der Waals surface area contributed by atoms with E-state index in [0.29, 0.717) is 11.3 Å². The van der Waals surface area contributed by atoms with Gasteiger partial charge < -0.3 is 9.73 Å². The highest BCUT2D eigenvalue weighted by Gasteiger charge is 2.35. The monoisotopic (exact) mass is 400 g/mol. The lowest BCUT2D eigenvalue weighted by Gasteiger charge is -2.25. The minimum absolute atomic E-state index is 0.0198. The molecule has 1 fully saturated rings. The van der Waals surface area contributed by atoms with E-state index in [2.05, 4.69) is 5.32 Å². The Kier molecular flexibility index (Phi) is 4.87. The van der Waals surface area contributed by atoms with Crippen molar-refractivity contribution >= 4 is 35.0 Å². The molecule has 1 aromatic heterocycles. The summed E-state index contributed by atoms with van der Waals surface area (Å²) in [5.41, 5.74) is 1.24. The summed E-state index contributed by atoms with van der Waals surface area (Å²) in [7, 11) is 0. The van der Waals surface area contributed by atoms with E-state index in [9.17, 15) is 18.4 Å². The standard InChI is InChI=1S/C20H14F2N2O3S/c21-13-6-7-16(15(22)10-13)24-18(25)11-28-20(24)12-3-1-4-14(9-12)23-19(26)17-5-2-8-27-17/h1-10,20H,11H2,(H,23,26)/t20-/m0/s1. The Hall–Kier alpha value is -3.13. The Labute approximate surface area is 163 Å². The first-order valence-corrected chi connectivity index (χ1v) is 9.41. The molecule has 5 nitrogen and oxygen atoms in total. The fourth-order valence-corrected chi connectivity index (χ4v) is 4.14. The van der Waals surface area contributed by atoms with Crippen molar-refractivity contribution in [3.63, 3.8) is 0 Å². The topological polar surface area (TPSA) is 62.6 Å². The third-order valence-electron chi connectivity index (χ3n) is 4.21. The van der Waals surface area contributed by atoms with Crippen LogP contribution in [-0.4, -0.2) is 17.6 Å². The number of benzene rings is 2. The normalized spacial score (nSPS) is 16.4. The summed E-state index contributed by atoms with van der Waals surface area (Å²) < 4.78 is 32.6. The van der Waals surface area contributed by atoms with Crippen molar-refractivity contribution in [2.45, 2.75) is 5.37 Å². The van der Waals surface area contributed by atoms with Gasteiger partial charge >= 0.3 is 0 Å². The largest absolute Gasteiger partial charge is 0.459 e. The Balaban J connectivity index is 1.62. The number of hydrogen-bond donors (Lipinski definition) is 1. The van der Waals surface area contributed by atoms with Crippen molar-refractivity contribution in [2.24, 2.45) is 0 Å². The predicted molar refractivity (Wildman–Crippen MR) is 102 cm³/mol. The number of furan rings is 1. The summed E-state index contributed by atoms with van der Waals surface area (Å²) in [4.78, 5) is 25.9. The van der Waals surface area contributed by atoms with Crippen LogP contribution in [0, 0.1) is 11.6 Å².